The molecular formula is C10H16N4O2. The third kappa shape index (κ3) is 3.84. The summed E-state index contributed by atoms with van der Waals surface area (Å²) in [5, 5.41) is 2.69. The molecular weight excluding hydrogens is 208 g/mol. The number of hydrazine groups is 1. The number of amides is 1. The summed E-state index contributed by atoms with van der Waals surface area (Å²) in [7, 11) is 0. The van der Waals surface area contributed by atoms with Crippen LogP contribution in [-0.4, -0.2) is 30.6 Å². The Morgan fingerprint density at radius 2 is 2.38 bits per heavy atom. The molecule has 88 valence electrons. The first-order valence-corrected chi connectivity index (χ1v) is 5.06. The predicted molar refractivity (Wildman–Crippen MR) is 60.9 cm³/mol. The molecule has 1 rings (SSSR count). The van der Waals surface area contributed by atoms with Gasteiger partial charge in [0.25, 0.3) is 5.91 Å². The number of hydrogen-bond acceptors (Lipinski definition) is 5. The van der Waals surface area contributed by atoms with Crippen LogP contribution in [-0.2, 0) is 4.74 Å². The maximum atomic E-state index is 11.5. The quantitative estimate of drug-likeness (QED) is 0.363. The molecule has 6 nitrogen and oxygen atoms in total. The van der Waals surface area contributed by atoms with Crippen LogP contribution in [0.1, 0.15) is 17.4 Å². The molecule has 0 radical (unpaired) electrons. The van der Waals surface area contributed by atoms with Gasteiger partial charge in [0.2, 0.25) is 0 Å². The predicted octanol–water partition coefficient (Wildman–Crippen LogP) is 0.134. The highest BCUT2D eigenvalue weighted by Crippen LogP contribution is 2.03. The summed E-state index contributed by atoms with van der Waals surface area (Å²) in [6, 6.07) is 3.29. The van der Waals surface area contributed by atoms with Crippen LogP contribution in [0.2, 0.25) is 0 Å². The molecule has 0 saturated heterocycles. The minimum atomic E-state index is -0.219. The van der Waals surface area contributed by atoms with Crippen LogP contribution in [0.25, 0.3) is 0 Å². The summed E-state index contributed by atoms with van der Waals surface area (Å²) in [6.07, 6.45) is 1.50. The lowest BCUT2D eigenvalue weighted by Gasteiger charge is -2.05. The van der Waals surface area contributed by atoms with Crippen LogP contribution in [0.15, 0.2) is 18.3 Å². The molecule has 0 aromatic carbocycles. The molecule has 0 unspecified atom stereocenters. The zero-order valence-corrected chi connectivity index (χ0v) is 9.19. The van der Waals surface area contributed by atoms with Crippen molar-refractivity contribution in [2.75, 3.05) is 25.2 Å². The number of ether oxygens (including phenoxy) is 1. The van der Waals surface area contributed by atoms with E-state index in [4.69, 9.17) is 10.6 Å². The molecule has 0 atom stereocenters. The van der Waals surface area contributed by atoms with Gasteiger partial charge in [0.05, 0.1) is 18.5 Å². The van der Waals surface area contributed by atoms with Crippen LogP contribution < -0.4 is 16.6 Å². The van der Waals surface area contributed by atoms with Crippen molar-refractivity contribution in [3.8, 4) is 0 Å². The zero-order chi connectivity index (χ0) is 11.8. The van der Waals surface area contributed by atoms with Gasteiger partial charge in [-0.05, 0) is 19.1 Å². The van der Waals surface area contributed by atoms with Gasteiger partial charge in [-0.1, -0.05) is 0 Å². The van der Waals surface area contributed by atoms with Crippen molar-refractivity contribution in [1.82, 2.24) is 10.3 Å². The fraction of sp³-hybridized carbons (Fsp3) is 0.400. The Morgan fingerprint density at radius 3 is 2.94 bits per heavy atom. The Labute approximate surface area is 94.2 Å². The van der Waals surface area contributed by atoms with Gasteiger partial charge >= 0.3 is 0 Å². The highest BCUT2D eigenvalue weighted by atomic mass is 16.5. The minimum absolute atomic E-state index is 0.219. The van der Waals surface area contributed by atoms with E-state index in [0.29, 0.717) is 31.1 Å². The Morgan fingerprint density at radius 1 is 1.56 bits per heavy atom. The number of carbonyl (C=O) groups is 1. The van der Waals surface area contributed by atoms with Crippen molar-refractivity contribution in [2.45, 2.75) is 6.92 Å². The topological polar surface area (TPSA) is 89.3 Å². The van der Waals surface area contributed by atoms with Gasteiger partial charge in [0.15, 0.2) is 0 Å². The molecule has 6 heteroatoms. The molecule has 4 N–H and O–H groups in total. The lowest BCUT2D eigenvalue weighted by molar-refractivity contribution is 0.0918. The van der Waals surface area contributed by atoms with Crippen LogP contribution in [0.5, 0.6) is 0 Å². The number of nitrogens with two attached hydrogens (primary N) is 1. The van der Waals surface area contributed by atoms with E-state index in [2.05, 4.69) is 15.7 Å². The number of nitrogen functional groups attached to an aromatic ring is 1. The molecule has 0 saturated carbocycles. The molecule has 0 aliphatic carbocycles. The van der Waals surface area contributed by atoms with Crippen LogP contribution in [0.3, 0.4) is 0 Å². The van der Waals surface area contributed by atoms with E-state index in [1.807, 2.05) is 6.92 Å². The van der Waals surface area contributed by atoms with Crippen molar-refractivity contribution in [3.63, 3.8) is 0 Å². The number of pyridine rings is 1. The third-order valence-corrected chi connectivity index (χ3v) is 1.90. The zero-order valence-electron chi connectivity index (χ0n) is 9.19. The second-order valence-corrected chi connectivity index (χ2v) is 3.03. The number of anilines is 1. The monoisotopic (exact) mass is 224 g/mol. The Bertz CT molecular complexity index is 326. The fourth-order valence-electron chi connectivity index (χ4n) is 1.09. The lowest BCUT2D eigenvalue weighted by atomic mass is 10.3. The summed E-state index contributed by atoms with van der Waals surface area (Å²) in [5.41, 5.74) is 3.45. The SMILES string of the molecule is CCOCCNC(=O)c1ccc(NN)cn1. The molecule has 1 heterocycles. The fourth-order valence-corrected chi connectivity index (χ4v) is 1.09. The van der Waals surface area contributed by atoms with Crippen molar-refractivity contribution >= 4 is 11.6 Å². The first kappa shape index (κ1) is 12.4. The Balaban J connectivity index is 2.40. The summed E-state index contributed by atoms with van der Waals surface area (Å²) in [4.78, 5) is 15.5. The smallest absolute Gasteiger partial charge is 0.269 e. The van der Waals surface area contributed by atoms with Gasteiger partial charge in [-0.25, -0.2) is 4.98 Å². The molecule has 0 fully saturated rings. The molecule has 0 aliphatic rings. The van der Waals surface area contributed by atoms with E-state index in [1.54, 1.807) is 12.1 Å². The van der Waals surface area contributed by atoms with Gasteiger partial charge < -0.3 is 15.5 Å². The first-order valence-electron chi connectivity index (χ1n) is 5.06. The van der Waals surface area contributed by atoms with E-state index < -0.39 is 0 Å². The number of carbonyl (C=O) groups excluding carboxylic acids is 1. The number of aromatic nitrogens is 1. The van der Waals surface area contributed by atoms with Gasteiger partial charge in [0.1, 0.15) is 5.69 Å². The maximum Gasteiger partial charge on any atom is 0.269 e. The van der Waals surface area contributed by atoms with Crippen molar-refractivity contribution in [2.24, 2.45) is 5.84 Å². The number of nitrogens with zero attached hydrogens (tertiary/aromatic N) is 1. The molecule has 0 bridgehead atoms. The lowest BCUT2D eigenvalue weighted by Crippen LogP contribution is -2.28. The second kappa shape index (κ2) is 6.76. The second-order valence-electron chi connectivity index (χ2n) is 3.03. The summed E-state index contributed by atoms with van der Waals surface area (Å²) >= 11 is 0. The maximum absolute atomic E-state index is 11.5. The van der Waals surface area contributed by atoms with Gasteiger partial charge in [-0.3, -0.25) is 10.6 Å². The average Bonchev–Trinajstić information content (AvgIpc) is 2.34. The van der Waals surface area contributed by atoms with E-state index in [1.165, 1.54) is 6.20 Å². The van der Waals surface area contributed by atoms with Gasteiger partial charge in [-0.2, -0.15) is 0 Å². The minimum Gasteiger partial charge on any atom is -0.380 e. The van der Waals surface area contributed by atoms with E-state index in [9.17, 15) is 4.79 Å². The number of nitrogens with one attached hydrogen (secondary N) is 2. The van der Waals surface area contributed by atoms with Crippen LogP contribution >= 0.6 is 0 Å². The highest BCUT2D eigenvalue weighted by Gasteiger charge is 2.05. The normalized spacial score (nSPS) is 9.88. The number of rotatable bonds is 6. The first-order chi connectivity index (χ1) is 7.77. The largest absolute Gasteiger partial charge is 0.380 e. The summed E-state index contributed by atoms with van der Waals surface area (Å²) < 4.78 is 5.09. The Hall–Kier alpha value is -1.66. The van der Waals surface area contributed by atoms with E-state index in [0.717, 1.165) is 0 Å². The molecule has 0 aliphatic heterocycles. The van der Waals surface area contributed by atoms with Gasteiger partial charge in [-0.15, -0.1) is 0 Å². The molecule has 1 aromatic rings. The third-order valence-electron chi connectivity index (χ3n) is 1.90. The van der Waals surface area contributed by atoms with Gasteiger partial charge in [0, 0.05) is 13.2 Å². The standard InChI is InChI=1S/C10H16N4O2/c1-2-16-6-5-12-10(15)9-4-3-8(14-11)7-13-9/h3-4,7,14H,2,5-6,11H2,1H3,(H,12,15). The van der Waals surface area contributed by atoms with E-state index >= 15 is 0 Å². The van der Waals surface area contributed by atoms with Crippen LogP contribution in [0.4, 0.5) is 5.69 Å². The summed E-state index contributed by atoms with van der Waals surface area (Å²) in [6.45, 7) is 3.53. The molecule has 1 aromatic heterocycles. The van der Waals surface area contributed by atoms with Crippen LogP contribution in [0, 0.1) is 0 Å². The Kier molecular flexibility index (Phi) is 5.24. The van der Waals surface area contributed by atoms with Crippen molar-refractivity contribution in [1.29, 1.82) is 0 Å². The van der Waals surface area contributed by atoms with Crippen molar-refractivity contribution in [3.05, 3.63) is 24.0 Å². The number of hydrogen-bond donors (Lipinski definition) is 3. The highest BCUT2D eigenvalue weighted by molar-refractivity contribution is 5.92. The van der Waals surface area contributed by atoms with E-state index in [-0.39, 0.29) is 5.91 Å². The average molecular weight is 224 g/mol. The molecule has 1 amide bonds. The summed E-state index contributed by atoms with van der Waals surface area (Å²) in [5.74, 6) is 4.96. The molecule has 0 spiro atoms. The van der Waals surface area contributed by atoms with Crippen molar-refractivity contribution < 1.29 is 9.53 Å². The molecule has 16 heavy (non-hydrogen) atoms.